The van der Waals surface area contributed by atoms with Crippen LogP contribution in [0.15, 0.2) is 66.7 Å². The van der Waals surface area contributed by atoms with Crippen LogP contribution in [0.25, 0.3) is 11.3 Å². The Morgan fingerprint density at radius 1 is 0.966 bits per heavy atom. The van der Waals surface area contributed by atoms with Gasteiger partial charge < -0.3 is 4.74 Å². The second-order valence-electron chi connectivity index (χ2n) is 6.70. The predicted octanol–water partition coefficient (Wildman–Crippen LogP) is 7.73. The molecule has 1 aromatic heterocycles. The first kappa shape index (κ1) is 21.2. The second kappa shape index (κ2) is 9.31. The number of aromatic nitrogens is 1. The Bertz CT molecular complexity index is 941. The third-order valence-electron chi connectivity index (χ3n) is 4.53. The number of rotatable bonds is 7. The number of unbranched alkanes of at least 4 members (excludes halogenated alkanes) is 1. The standard InChI is InChI=1S/C23H21ClF3NO/c1-2-3-10-22(29-21-11-5-4-7-18(21)24)20-9-6-8-19(28-20)16-12-14-17(15-13-16)23(25,26)27/h4-9,11-15,22H,2-3,10H2,1H3/t22-/m0/s1. The molecule has 0 bridgehead atoms. The molecule has 0 N–H and O–H groups in total. The van der Waals surface area contributed by atoms with Crippen LogP contribution in [-0.2, 0) is 6.18 Å². The number of para-hydroxylation sites is 1. The highest BCUT2D eigenvalue weighted by Crippen LogP contribution is 2.33. The maximum atomic E-state index is 12.8. The summed E-state index contributed by atoms with van der Waals surface area (Å²) in [6.07, 6.45) is -1.96. The highest BCUT2D eigenvalue weighted by atomic mass is 35.5. The molecule has 29 heavy (non-hydrogen) atoms. The molecule has 0 fully saturated rings. The van der Waals surface area contributed by atoms with Crippen LogP contribution < -0.4 is 4.74 Å². The summed E-state index contributed by atoms with van der Waals surface area (Å²) >= 11 is 6.23. The average molecular weight is 420 g/mol. The molecule has 0 unspecified atom stereocenters. The van der Waals surface area contributed by atoms with Gasteiger partial charge in [-0.3, -0.25) is 0 Å². The quantitative estimate of drug-likeness (QED) is 0.391. The van der Waals surface area contributed by atoms with Gasteiger partial charge in [-0.05, 0) is 49.2 Å². The van der Waals surface area contributed by atoms with E-state index in [9.17, 15) is 13.2 Å². The van der Waals surface area contributed by atoms with Crippen LogP contribution in [0, 0.1) is 0 Å². The Kier molecular flexibility index (Phi) is 6.80. The maximum absolute atomic E-state index is 12.8. The number of hydrogen-bond donors (Lipinski definition) is 0. The minimum absolute atomic E-state index is 0.302. The first-order valence-corrected chi connectivity index (χ1v) is 9.82. The van der Waals surface area contributed by atoms with Crippen LogP contribution in [-0.4, -0.2) is 4.98 Å². The lowest BCUT2D eigenvalue weighted by atomic mass is 10.1. The van der Waals surface area contributed by atoms with E-state index < -0.39 is 11.7 Å². The molecule has 0 aliphatic carbocycles. The van der Waals surface area contributed by atoms with Crippen molar-refractivity contribution in [3.8, 4) is 17.0 Å². The van der Waals surface area contributed by atoms with E-state index in [1.54, 1.807) is 18.2 Å². The van der Waals surface area contributed by atoms with Crippen molar-refractivity contribution in [2.75, 3.05) is 0 Å². The summed E-state index contributed by atoms with van der Waals surface area (Å²) in [5.41, 5.74) is 1.25. The van der Waals surface area contributed by atoms with Gasteiger partial charge in [-0.1, -0.05) is 55.3 Å². The van der Waals surface area contributed by atoms with Gasteiger partial charge in [0.1, 0.15) is 11.9 Å². The summed E-state index contributed by atoms with van der Waals surface area (Å²) in [7, 11) is 0. The zero-order valence-corrected chi connectivity index (χ0v) is 16.7. The molecular weight excluding hydrogens is 399 g/mol. The topological polar surface area (TPSA) is 22.1 Å². The minimum Gasteiger partial charge on any atom is -0.483 e. The van der Waals surface area contributed by atoms with Gasteiger partial charge in [-0.25, -0.2) is 4.98 Å². The van der Waals surface area contributed by atoms with Crippen molar-refractivity contribution in [1.82, 2.24) is 4.98 Å². The Morgan fingerprint density at radius 2 is 1.69 bits per heavy atom. The largest absolute Gasteiger partial charge is 0.483 e. The van der Waals surface area contributed by atoms with E-state index >= 15 is 0 Å². The summed E-state index contributed by atoms with van der Waals surface area (Å²) < 4.78 is 44.6. The van der Waals surface area contributed by atoms with Crippen molar-refractivity contribution in [2.24, 2.45) is 0 Å². The van der Waals surface area contributed by atoms with Crippen LogP contribution in [0.2, 0.25) is 5.02 Å². The highest BCUT2D eigenvalue weighted by Gasteiger charge is 2.30. The van der Waals surface area contributed by atoms with Crippen LogP contribution in [0.1, 0.15) is 43.5 Å². The van der Waals surface area contributed by atoms with Gasteiger partial charge in [-0.2, -0.15) is 13.2 Å². The van der Waals surface area contributed by atoms with Gasteiger partial charge >= 0.3 is 6.18 Å². The van der Waals surface area contributed by atoms with Crippen molar-refractivity contribution in [3.63, 3.8) is 0 Å². The van der Waals surface area contributed by atoms with E-state index in [2.05, 4.69) is 11.9 Å². The Labute approximate surface area is 173 Å². The number of alkyl halides is 3. The molecule has 0 spiro atoms. The SMILES string of the molecule is CCCC[C@H](Oc1ccccc1Cl)c1cccc(-c2ccc(C(F)(F)F)cc2)n1. The molecule has 0 saturated carbocycles. The smallest absolute Gasteiger partial charge is 0.416 e. The van der Waals surface area contributed by atoms with Gasteiger partial charge in [0.25, 0.3) is 0 Å². The van der Waals surface area contributed by atoms with Crippen LogP contribution in [0.4, 0.5) is 13.2 Å². The van der Waals surface area contributed by atoms with E-state index in [4.69, 9.17) is 16.3 Å². The Morgan fingerprint density at radius 3 is 2.34 bits per heavy atom. The molecule has 1 heterocycles. The Balaban J connectivity index is 1.89. The fourth-order valence-electron chi connectivity index (χ4n) is 2.97. The molecule has 152 valence electrons. The van der Waals surface area contributed by atoms with Crippen LogP contribution >= 0.6 is 11.6 Å². The van der Waals surface area contributed by atoms with Crippen molar-refractivity contribution in [2.45, 2.75) is 38.5 Å². The molecular formula is C23H21ClF3NO. The number of benzene rings is 2. The molecule has 3 aromatic rings. The van der Waals surface area contributed by atoms with Crippen molar-refractivity contribution in [3.05, 3.63) is 83.0 Å². The van der Waals surface area contributed by atoms with Gasteiger partial charge in [0.05, 0.1) is 22.0 Å². The monoisotopic (exact) mass is 419 g/mol. The van der Waals surface area contributed by atoms with E-state index in [1.807, 2.05) is 24.3 Å². The summed E-state index contributed by atoms with van der Waals surface area (Å²) in [6, 6.07) is 17.7. The van der Waals surface area contributed by atoms with Gasteiger partial charge in [0.15, 0.2) is 0 Å². The fourth-order valence-corrected chi connectivity index (χ4v) is 3.15. The summed E-state index contributed by atoms with van der Waals surface area (Å²) in [4.78, 5) is 4.66. The van der Waals surface area contributed by atoms with Crippen LogP contribution in [0.5, 0.6) is 5.75 Å². The lowest BCUT2D eigenvalue weighted by Gasteiger charge is -2.20. The first-order valence-electron chi connectivity index (χ1n) is 9.44. The average Bonchev–Trinajstić information content (AvgIpc) is 2.72. The molecule has 2 nitrogen and oxygen atoms in total. The number of halogens is 4. The number of ether oxygens (including phenoxy) is 1. The summed E-state index contributed by atoms with van der Waals surface area (Å²) in [5.74, 6) is 0.581. The molecule has 3 rings (SSSR count). The predicted molar refractivity (Wildman–Crippen MR) is 109 cm³/mol. The van der Waals surface area contributed by atoms with Gasteiger partial charge in [0, 0.05) is 5.56 Å². The zero-order valence-electron chi connectivity index (χ0n) is 15.9. The molecule has 0 saturated heterocycles. The van der Waals surface area contributed by atoms with E-state index in [0.717, 1.165) is 37.1 Å². The number of pyridine rings is 1. The molecule has 1 atom stereocenters. The lowest BCUT2D eigenvalue weighted by Crippen LogP contribution is -2.10. The van der Waals surface area contributed by atoms with E-state index in [-0.39, 0.29) is 6.10 Å². The Hall–Kier alpha value is -2.53. The van der Waals surface area contributed by atoms with Gasteiger partial charge in [0.2, 0.25) is 0 Å². The van der Waals surface area contributed by atoms with Crippen molar-refractivity contribution < 1.29 is 17.9 Å². The molecule has 0 amide bonds. The van der Waals surface area contributed by atoms with Crippen molar-refractivity contribution >= 4 is 11.6 Å². The lowest BCUT2D eigenvalue weighted by molar-refractivity contribution is -0.137. The van der Waals surface area contributed by atoms with Gasteiger partial charge in [-0.15, -0.1) is 0 Å². The van der Waals surface area contributed by atoms with Crippen LogP contribution in [0.3, 0.4) is 0 Å². The number of nitrogens with zero attached hydrogens (tertiary/aromatic N) is 1. The minimum atomic E-state index is -4.36. The third kappa shape index (κ3) is 5.51. The maximum Gasteiger partial charge on any atom is 0.416 e. The number of hydrogen-bond acceptors (Lipinski definition) is 2. The fraction of sp³-hybridized carbons (Fsp3) is 0.261. The van der Waals surface area contributed by atoms with E-state index in [0.29, 0.717) is 22.0 Å². The molecule has 0 aliphatic rings. The molecule has 6 heteroatoms. The second-order valence-corrected chi connectivity index (χ2v) is 7.11. The van der Waals surface area contributed by atoms with Crippen molar-refractivity contribution in [1.29, 1.82) is 0 Å². The molecule has 0 radical (unpaired) electrons. The zero-order chi connectivity index (χ0) is 20.9. The normalized spacial score (nSPS) is 12.6. The molecule has 0 aliphatic heterocycles. The molecule has 2 aromatic carbocycles. The summed E-state index contributed by atoms with van der Waals surface area (Å²) in [5, 5.41) is 0.521. The summed E-state index contributed by atoms with van der Waals surface area (Å²) in [6.45, 7) is 2.10. The third-order valence-corrected chi connectivity index (χ3v) is 4.85. The highest BCUT2D eigenvalue weighted by molar-refractivity contribution is 6.32. The first-order chi connectivity index (χ1) is 13.9. The van der Waals surface area contributed by atoms with E-state index in [1.165, 1.54) is 12.1 Å².